The Kier molecular flexibility index (Phi) is 2.68. The van der Waals surface area contributed by atoms with Crippen LogP contribution in [0, 0.1) is 13.8 Å². The summed E-state index contributed by atoms with van der Waals surface area (Å²) in [5.74, 6) is 6.02. The molecule has 1 aromatic carbocycles. The number of anilines is 1. The zero-order valence-corrected chi connectivity index (χ0v) is 10.9. The molecule has 0 spiro atoms. The lowest BCUT2D eigenvalue weighted by atomic mass is 10.1. The van der Waals surface area contributed by atoms with Gasteiger partial charge in [-0.15, -0.1) is 0 Å². The topological polar surface area (TPSA) is 68.8 Å². The number of hydrogen-bond acceptors (Lipinski definition) is 4. The molecule has 2 heterocycles. The van der Waals surface area contributed by atoms with Gasteiger partial charge in [0.2, 0.25) is 0 Å². The van der Waals surface area contributed by atoms with Crippen molar-refractivity contribution in [3.8, 4) is 5.69 Å². The number of nitrogen functional groups attached to an aromatic ring is 1. The predicted molar refractivity (Wildman–Crippen MR) is 76.1 cm³/mol. The van der Waals surface area contributed by atoms with Crippen molar-refractivity contribution in [2.24, 2.45) is 5.84 Å². The summed E-state index contributed by atoms with van der Waals surface area (Å²) < 4.78 is 2.03. The fourth-order valence-corrected chi connectivity index (χ4v) is 2.12. The highest BCUT2D eigenvalue weighted by Crippen LogP contribution is 2.22. The van der Waals surface area contributed by atoms with E-state index in [9.17, 15) is 0 Å². The Morgan fingerprint density at radius 3 is 2.68 bits per heavy atom. The number of nitrogens with one attached hydrogen (secondary N) is 1. The third-order valence-corrected chi connectivity index (χ3v) is 3.33. The summed E-state index contributed by atoms with van der Waals surface area (Å²) in [6, 6.07) is 8.06. The number of fused-ring (bicyclic) bond motifs is 1. The second-order valence-corrected chi connectivity index (χ2v) is 4.58. The van der Waals surface area contributed by atoms with E-state index in [1.54, 1.807) is 6.20 Å². The number of hydrogen-bond donors (Lipinski definition) is 2. The molecule has 0 radical (unpaired) electrons. The number of nitrogens with zero attached hydrogens (tertiary/aromatic N) is 3. The number of imidazole rings is 1. The molecule has 5 heteroatoms. The Balaban J connectivity index is 2.22. The molecule has 96 valence electrons. The van der Waals surface area contributed by atoms with Gasteiger partial charge in [0.25, 0.3) is 0 Å². The molecule has 2 aromatic heterocycles. The van der Waals surface area contributed by atoms with E-state index < -0.39 is 0 Å². The minimum absolute atomic E-state index is 0.628. The van der Waals surface area contributed by atoms with Gasteiger partial charge in [0.05, 0.1) is 16.7 Å². The van der Waals surface area contributed by atoms with E-state index in [0.29, 0.717) is 5.82 Å². The normalized spacial score (nSPS) is 10.9. The molecule has 3 N–H and O–H groups in total. The van der Waals surface area contributed by atoms with E-state index in [1.807, 2.05) is 23.0 Å². The van der Waals surface area contributed by atoms with Gasteiger partial charge >= 0.3 is 0 Å². The van der Waals surface area contributed by atoms with Crippen LogP contribution < -0.4 is 11.3 Å². The van der Waals surface area contributed by atoms with Crippen molar-refractivity contribution in [3.63, 3.8) is 0 Å². The Labute approximate surface area is 111 Å². The number of rotatable bonds is 2. The van der Waals surface area contributed by atoms with Crippen LogP contribution in [0.4, 0.5) is 5.82 Å². The minimum atomic E-state index is 0.628. The van der Waals surface area contributed by atoms with Gasteiger partial charge in [0.1, 0.15) is 12.1 Å². The SMILES string of the molecule is Cc1cc2ncn(-c3ccnc(NN)c3)c2cc1C. The zero-order chi connectivity index (χ0) is 13.4. The van der Waals surface area contributed by atoms with Gasteiger partial charge in [-0.1, -0.05) is 0 Å². The highest BCUT2D eigenvalue weighted by atomic mass is 15.2. The van der Waals surface area contributed by atoms with Gasteiger partial charge < -0.3 is 5.43 Å². The van der Waals surface area contributed by atoms with Crippen molar-refractivity contribution in [2.75, 3.05) is 5.43 Å². The molecule has 0 fully saturated rings. The van der Waals surface area contributed by atoms with Crippen molar-refractivity contribution in [2.45, 2.75) is 13.8 Å². The minimum Gasteiger partial charge on any atom is -0.308 e. The Morgan fingerprint density at radius 1 is 1.11 bits per heavy atom. The molecule has 3 rings (SSSR count). The smallest absolute Gasteiger partial charge is 0.141 e. The maximum atomic E-state index is 5.39. The van der Waals surface area contributed by atoms with Gasteiger partial charge in [-0.05, 0) is 43.2 Å². The van der Waals surface area contributed by atoms with Gasteiger partial charge in [0.15, 0.2) is 0 Å². The van der Waals surface area contributed by atoms with Gasteiger partial charge in [-0.3, -0.25) is 4.57 Å². The van der Waals surface area contributed by atoms with E-state index in [1.165, 1.54) is 11.1 Å². The monoisotopic (exact) mass is 253 g/mol. The maximum Gasteiger partial charge on any atom is 0.141 e. The van der Waals surface area contributed by atoms with Crippen molar-refractivity contribution >= 4 is 16.9 Å². The molecule has 0 atom stereocenters. The summed E-state index contributed by atoms with van der Waals surface area (Å²) in [6.07, 6.45) is 3.54. The zero-order valence-electron chi connectivity index (χ0n) is 10.9. The maximum absolute atomic E-state index is 5.39. The van der Waals surface area contributed by atoms with E-state index in [-0.39, 0.29) is 0 Å². The third kappa shape index (κ3) is 1.94. The third-order valence-electron chi connectivity index (χ3n) is 3.33. The highest BCUT2D eigenvalue weighted by molar-refractivity contribution is 5.79. The standard InChI is InChI=1S/C14H15N5/c1-9-5-12-13(6-10(9)2)19(8-17-12)11-3-4-16-14(7-11)18-15/h3-8H,15H2,1-2H3,(H,16,18). The van der Waals surface area contributed by atoms with Gasteiger partial charge in [-0.2, -0.15) is 0 Å². The molecule has 19 heavy (non-hydrogen) atoms. The number of nitrogens with two attached hydrogens (primary N) is 1. The van der Waals surface area contributed by atoms with Gasteiger partial charge in [-0.25, -0.2) is 15.8 Å². The lowest BCUT2D eigenvalue weighted by molar-refractivity contribution is 1.08. The fraction of sp³-hybridized carbons (Fsp3) is 0.143. The molecule has 0 unspecified atom stereocenters. The summed E-state index contributed by atoms with van der Waals surface area (Å²) >= 11 is 0. The number of benzene rings is 1. The summed E-state index contributed by atoms with van der Waals surface area (Å²) in [6.45, 7) is 4.20. The predicted octanol–water partition coefficient (Wildman–Crippen LogP) is 2.32. The van der Waals surface area contributed by atoms with Crippen molar-refractivity contribution in [1.29, 1.82) is 0 Å². The van der Waals surface area contributed by atoms with Crippen LogP contribution >= 0.6 is 0 Å². The molecule has 0 aliphatic carbocycles. The first-order valence-corrected chi connectivity index (χ1v) is 6.06. The second kappa shape index (κ2) is 4.37. The van der Waals surface area contributed by atoms with Crippen LogP contribution in [-0.4, -0.2) is 14.5 Å². The van der Waals surface area contributed by atoms with E-state index >= 15 is 0 Å². The Morgan fingerprint density at radius 2 is 1.89 bits per heavy atom. The molecule has 0 saturated heterocycles. The Hall–Kier alpha value is -2.40. The molecule has 0 amide bonds. The number of aryl methyl sites for hydroxylation is 2. The first kappa shape index (κ1) is 11.7. The van der Waals surface area contributed by atoms with E-state index in [2.05, 4.69) is 41.4 Å². The van der Waals surface area contributed by atoms with E-state index in [4.69, 9.17) is 5.84 Å². The molecular weight excluding hydrogens is 238 g/mol. The number of aromatic nitrogens is 3. The number of hydrazine groups is 1. The molecular formula is C14H15N5. The van der Waals surface area contributed by atoms with Crippen LogP contribution in [0.3, 0.4) is 0 Å². The molecule has 0 bridgehead atoms. The van der Waals surface area contributed by atoms with Crippen molar-refractivity contribution in [1.82, 2.24) is 14.5 Å². The summed E-state index contributed by atoms with van der Waals surface area (Å²) in [5.41, 5.74) is 8.10. The number of pyridine rings is 1. The molecule has 0 aliphatic heterocycles. The van der Waals surface area contributed by atoms with E-state index in [0.717, 1.165) is 16.7 Å². The average molecular weight is 253 g/mol. The van der Waals surface area contributed by atoms with Crippen LogP contribution in [0.15, 0.2) is 36.8 Å². The fourth-order valence-electron chi connectivity index (χ4n) is 2.12. The molecule has 3 aromatic rings. The van der Waals surface area contributed by atoms with Crippen molar-refractivity contribution < 1.29 is 0 Å². The summed E-state index contributed by atoms with van der Waals surface area (Å²) in [5, 5.41) is 0. The first-order chi connectivity index (χ1) is 9.19. The lowest BCUT2D eigenvalue weighted by Crippen LogP contribution is -2.08. The van der Waals surface area contributed by atoms with Crippen LogP contribution in [0.5, 0.6) is 0 Å². The van der Waals surface area contributed by atoms with Crippen LogP contribution in [0.2, 0.25) is 0 Å². The van der Waals surface area contributed by atoms with Crippen LogP contribution in [0.25, 0.3) is 16.7 Å². The first-order valence-electron chi connectivity index (χ1n) is 6.06. The summed E-state index contributed by atoms with van der Waals surface area (Å²) in [4.78, 5) is 8.55. The van der Waals surface area contributed by atoms with Crippen LogP contribution in [-0.2, 0) is 0 Å². The largest absolute Gasteiger partial charge is 0.308 e. The van der Waals surface area contributed by atoms with Gasteiger partial charge in [0, 0.05) is 12.3 Å². The molecule has 0 saturated carbocycles. The summed E-state index contributed by atoms with van der Waals surface area (Å²) in [7, 11) is 0. The molecule has 5 nitrogen and oxygen atoms in total. The lowest BCUT2D eigenvalue weighted by Gasteiger charge is -2.07. The second-order valence-electron chi connectivity index (χ2n) is 4.58. The quantitative estimate of drug-likeness (QED) is 0.543. The molecule has 0 aliphatic rings. The van der Waals surface area contributed by atoms with Crippen LogP contribution in [0.1, 0.15) is 11.1 Å². The highest BCUT2D eigenvalue weighted by Gasteiger charge is 2.07. The van der Waals surface area contributed by atoms with Crippen molar-refractivity contribution in [3.05, 3.63) is 47.9 Å². The Bertz CT molecular complexity index is 745. The average Bonchev–Trinajstić information content (AvgIpc) is 2.82.